The minimum atomic E-state index is -0.801. The monoisotopic (exact) mass is 282 g/mol. The molecule has 1 atom stereocenters. The summed E-state index contributed by atoms with van der Waals surface area (Å²) in [4.78, 5) is 5.45. The van der Waals surface area contributed by atoms with Crippen molar-refractivity contribution in [1.82, 2.24) is 10.3 Å². The Bertz CT molecular complexity index is 581. The molecule has 0 saturated heterocycles. The van der Waals surface area contributed by atoms with Crippen LogP contribution in [0.25, 0.3) is 0 Å². The summed E-state index contributed by atoms with van der Waals surface area (Å²) in [5.74, 6) is -1.56. The number of thiazole rings is 1. The first-order chi connectivity index (χ1) is 9.02. The maximum atomic E-state index is 13.7. The Balaban J connectivity index is 2.29. The molecule has 2 aromatic rings. The van der Waals surface area contributed by atoms with Crippen molar-refractivity contribution in [2.75, 3.05) is 7.05 Å². The van der Waals surface area contributed by atoms with Gasteiger partial charge >= 0.3 is 0 Å². The fourth-order valence-corrected chi connectivity index (χ4v) is 3.16. The van der Waals surface area contributed by atoms with E-state index in [1.807, 2.05) is 20.9 Å². The third kappa shape index (κ3) is 2.98. The van der Waals surface area contributed by atoms with Gasteiger partial charge in [0.1, 0.15) is 0 Å². The Morgan fingerprint density at radius 2 is 2.05 bits per heavy atom. The van der Waals surface area contributed by atoms with Crippen LogP contribution >= 0.6 is 11.3 Å². The van der Waals surface area contributed by atoms with Crippen LogP contribution in [-0.2, 0) is 6.42 Å². The highest BCUT2D eigenvalue weighted by Crippen LogP contribution is 2.28. The second-order valence-corrected chi connectivity index (χ2v) is 5.68. The van der Waals surface area contributed by atoms with E-state index in [2.05, 4.69) is 10.3 Å². The van der Waals surface area contributed by atoms with E-state index in [-0.39, 0.29) is 6.04 Å². The lowest BCUT2D eigenvalue weighted by Gasteiger charge is -2.16. The highest BCUT2D eigenvalue weighted by Gasteiger charge is 2.19. The molecule has 0 bridgehead atoms. The summed E-state index contributed by atoms with van der Waals surface area (Å²) in [5.41, 5.74) is 1.32. The number of halogens is 2. The Morgan fingerprint density at radius 3 is 2.63 bits per heavy atom. The summed E-state index contributed by atoms with van der Waals surface area (Å²) in [6.45, 7) is 3.88. The second-order valence-electron chi connectivity index (χ2n) is 4.44. The molecule has 5 heteroatoms. The summed E-state index contributed by atoms with van der Waals surface area (Å²) in [7, 11) is 1.82. The van der Waals surface area contributed by atoms with Crippen LogP contribution in [0.1, 0.15) is 27.2 Å². The van der Waals surface area contributed by atoms with Crippen LogP contribution in [0.3, 0.4) is 0 Å². The fraction of sp³-hybridized carbons (Fsp3) is 0.357. The van der Waals surface area contributed by atoms with E-state index in [0.29, 0.717) is 12.0 Å². The van der Waals surface area contributed by atoms with Gasteiger partial charge in [-0.3, -0.25) is 0 Å². The van der Waals surface area contributed by atoms with Crippen LogP contribution in [0.15, 0.2) is 18.2 Å². The highest BCUT2D eigenvalue weighted by molar-refractivity contribution is 7.11. The van der Waals surface area contributed by atoms with Crippen LogP contribution in [0.2, 0.25) is 0 Å². The van der Waals surface area contributed by atoms with Crippen molar-refractivity contribution in [2.24, 2.45) is 0 Å². The molecule has 2 rings (SSSR count). The number of hydrogen-bond donors (Lipinski definition) is 1. The molecule has 0 aliphatic rings. The number of likely N-dealkylation sites (N-methyl/N-ethyl adjacent to an activating group) is 1. The summed E-state index contributed by atoms with van der Waals surface area (Å²) < 4.78 is 26.9. The SMILES string of the molecule is CNC(Cc1cccc(F)c1F)c1sc(C)nc1C. The van der Waals surface area contributed by atoms with Gasteiger partial charge in [0.2, 0.25) is 0 Å². The molecule has 1 aromatic heterocycles. The number of hydrogen-bond acceptors (Lipinski definition) is 3. The van der Waals surface area contributed by atoms with Crippen molar-refractivity contribution in [3.05, 3.63) is 51.0 Å². The molecule has 1 heterocycles. The van der Waals surface area contributed by atoms with E-state index >= 15 is 0 Å². The van der Waals surface area contributed by atoms with Crippen LogP contribution in [0.5, 0.6) is 0 Å². The summed E-state index contributed by atoms with van der Waals surface area (Å²) in [6, 6.07) is 4.23. The summed E-state index contributed by atoms with van der Waals surface area (Å²) >= 11 is 1.59. The van der Waals surface area contributed by atoms with Crippen molar-refractivity contribution in [1.29, 1.82) is 0 Å². The topological polar surface area (TPSA) is 24.9 Å². The lowest BCUT2D eigenvalue weighted by atomic mass is 10.0. The van der Waals surface area contributed by atoms with E-state index in [1.165, 1.54) is 6.07 Å². The smallest absolute Gasteiger partial charge is 0.162 e. The number of rotatable bonds is 4. The Hall–Kier alpha value is -1.33. The average Bonchev–Trinajstić information content (AvgIpc) is 2.70. The Morgan fingerprint density at radius 1 is 1.32 bits per heavy atom. The van der Waals surface area contributed by atoms with Crippen molar-refractivity contribution in [3.63, 3.8) is 0 Å². The minimum absolute atomic E-state index is 0.0532. The third-order valence-corrected chi connectivity index (χ3v) is 4.25. The van der Waals surface area contributed by atoms with Crippen LogP contribution < -0.4 is 5.32 Å². The minimum Gasteiger partial charge on any atom is -0.312 e. The molecule has 1 unspecified atom stereocenters. The molecule has 0 aliphatic heterocycles. The number of nitrogens with one attached hydrogen (secondary N) is 1. The quantitative estimate of drug-likeness (QED) is 0.927. The maximum absolute atomic E-state index is 13.7. The van der Waals surface area contributed by atoms with Gasteiger partial charge in [-0.2, -0.15) is 0 Å². The van der Waals surface area contributed by atoms with Gasteiger partial charge in [-0.1, -0.05) is 12.1 Å². The van der Waals surface area contributed by atoms with Gasteiger partial charge in [-0.15, -0.1) is 11.3 Å². The van der Waals surface area contributed by atoms with E-state index in [0.717, 1.165) is 21.6 Å². The summed E-state index contributed by atoms with van der Waals surface area (Å²) in [6.07, 6.45) is 0.405. The van der Waals surface area contributed by atoms with Gasteiger partial charge in [0.15, 0.2) is 11.6 Å². The molecule has 0 fully saturated rings. The van der Waals surface area contributed by atoms with Gasteiger partial charge in [0, 0.05) is 10.9 Å². The average molecular weight is 282 g/mol. The third-order valence-electron chi connectivity index (χ3n) is 3.06. The zero-order valence-corrected chi connectivity index (χ0v) is 11.9. The molecule has 19 heavy (non-hydrogen) atoms. The van der Waals surface area contributed by atoms with Crippen molar-refractivity contribution in [3.8, 4) is 0 Å². The number of aryl methyl sites for hydroxylation is 2. The van der Waals surface area contributed by atoms with Gasteiger partial charge in [-0.05, 0) is 38.9 Å². The normalized spacial score (nSPS) is 12.7. The lowest BCUT2D eigenvalue weighted by molar-refractivity contribution is 0.487. The van der Waals surface area contributed by atoms with E-state index in [4.69, 9.17) is 0 Å². The predicted octanol–water partition coefficient (Wildman–Crippen LogP) is 3.54. The highest BCUT2D eigenvalue weighted by atomic mass is 32.1. The molecule has 1 aromatic carbocycles. The molecular formula is C14H16F2N2S. The standard InChI is InChI=1S/C14H16F2N2S/c1-8-14(19-9(2)18-8)12(17-3)7-10-5-4-6-11(15)13(10)16/h4-6,12,17H,7H2,1-3H3. The first kappa shape index (κ1) is 14.1. The molecule has 0 aliphatic carbocycles. The maximum Gasteiger partial charge on any atom is 0.162 e. The van der Waals surface area contributed by atoms with Crippen molar-refractivity contribution < 1.29 is 8.78 Å². The summed E-state index contributed by atoms with van der Waals surface area (Å²) in [5, 5.41) is 4.13. The molecule has 1 N–H and O–H groups in total. The molecular weight excluding hydrogens is 266 g/mol. The van der Waals surface area contributed by atoms with Crippen LogP contribution in [0.4, 0.5) is 8.78 Å². The van der Waals surface area contributed by atoms with Gasteiger partial charge in [0.25, 0.3) is 0 Å². The van der Waals surface area contributed by atoms with Gasteiger partial charge in [-0.25, -0.2) is 13.8 Å². The molecule has 0 spiro atoms. The molecule has 2 nitrogen and oxygen atoms in total. The Labute approximate surface area is 115 Å². The zero-order valence-electron chi connectivity index (χ0n) is 11.1. The zero-order chi connectivity index (χ0) is 14.0. The molecule has 0 radical (unpaired) electrons. The van der Waals surface area contributed by atoms with Gasteiger partial charge in [0.05, 0.1) is 10.7 Å². The second kappa shape index (κ2) is 5.75. The van der Waals surface area contributed by atoms with Crippen molar-refractivity contribution >= 4 is 11.3 Å². The van der Waals surface area contributed by atoms with E-state index < -0.39 is 11.6 Å². The van der Waals surface area contributed by atoms with Gasteiger partial charge < -0.3 is 5.32 Å². The largest absolute Gasteiger partial charge is 0.312 e. The number of benzene rings is 1. The van der Waals surface area contributed by atoms with Crippen LogP contribution in [0, 0.1) is 25.5 Å². The van der Waals surface area contributed by atoms with Crippen molar-refractivity contribution in [2.45, 2.75) is 26.3 Å². The first-order valence-corrected chi connectivity index (χ1v) is 6.88. The first-order valence-electron chi connectivity index (χ1n) is 6.07. The molecule has 102 valence electrons. The molecule has 0 amide bonds. The number of nitrogens with zero attached hydrogens (tertiary/aromatic N) is 1. The predicted molar refractivity (Wildman–Crippen MR) is 73.5 cm³/mol. The van der Waals surface area contributed by atoms with E-state index in [9.17, 15) is 8.78 Å². The van der Waals surface area contributed by atoms with E-state index in [1.54, 1.807) is 17.4 Å². The Kier molecular flexibility index (Phi) is 4.27. The fourth-order valence-electron chi connectivity index (χ4n) is 2.12. The molecule has 0 saturated carbocycles. The lowest BCUT2D eigenvalue weighted by Crippen LogP contribution is -2.19. The number of aromatic nitrogens is 1. The van der Waals surface area contributed by atoms with Crippen LogP contribution in [-0.4, -0.2) is 12.0 Å².